The lowest BCUT2D eigenvalue weighted by molar-refractivity contribution is -0.132. The van der Waals surface area contributed by atoms with Crippen molar-refractivity contribution in [3.8, 4) is 0 Å². The van der Waals surface area contributed by atoms with Crippen molar-refractivity contribution < 1.29 is 4.79 Å². The second kappa shape index (κ2) is 5.68. The van der Waals surface area contributed by atoms with Gasteiger partial charge in [0, 0.05) is 31.4 Å². The molecule has 0 unspecified atom stereocenters. The van der Waals surface area contributed by atoms with Gasteiger partial charge in [-0.15, -0.1) is 0 Å². The van der Waals surface area contributed by atoms with Gasteiger partial charge in [-0.05, 0) is 19.1 Å². The number of benzene rings is 1. The number of rotatable bonds is 3. The first-order valence-electron chi connectivity index (χ1n) is 6.06. The molecule has 0 bridgehead atoms. The van der Waals surface area contributed by atoms with Crippen molar-refractivity contribution >= 4 is 11.6 Å². The summed E-state index contributed by atoms with van der Waals surface area (Å²) in [4.78, 5) is 14.0. The van der Waals surface area contributed by atoms with Crippen LogP contribution in [0.2, 0.25) is 0 Å². The molecule has 1 aromatic rings. The maximum absolute atomic E-state index is 12.0. The summed E-state index contributed by atoms with van der Waals surface area (Å²) in [5, 5.41) is 6.43. The minimum absolute atomic E-state index is 0.169. The van der Waals surface area contributed by atoms with E-state index >= 15 is 0 Å². The van der Waals surface area contributed by atoms with E-state index in [1.807, 2.05) is 35.2 Å². The smallest absolute Gasteiger partial charge is 0.242 e. The first-order chi connectivity index (χ1) is 8.27. The fourth-order valence-corrected chi connectivity index (χ4v) is 2.05. The lowest BCUT2D eigenvalue weighted by Crippen LogP contribution is -2.53. The Hall–Kier alpha value is -1.55. The Morgan fingerprint density at radius 3 is 2.94 bits per heavy atom. The average molecular weight is 233 g/mol. The second-order valence-corrected chi connectivity index (χ2v) is 4.36. The van der Waals surface area contributed by atoms with E-state index in [0.717, 1.165) is 25.3 Å². The fourth-order valence-electron chi connectivity index (χ4n) is 2.05. The summed E-state index contributed by atoms with van der Waals surface area (Å²) in [6, 6.07) is 10.1. The van der Waals surface area contributed by atoms with E-state index in [4.69, 9.17) is 0 Å². The van der Waals surface area contributed by atoms with Gasteiger partial charge in [0.05, 0.1) is 6.54 Å². The Labute approximate surface area is 102 Å². The molecule has 1 amide bonds. The highest BCUT2D eigenvalue weighted by Gasteiger charge is 2.22. The van der Waals surface area contributed by atoms with Gasteiger partial charge >= 0.3 is 0 Å². The van der Waals surface area contributed by atoms with E-state index in [-0.39, 0.29) is 11.9 Å². The Kier molecular flexibility index (Phi) is 3.98. The lowest BCUT2D eigenvalue weighted by Gasteiger charge is -2.34. The average Bonchev–Trinajstić information content (AvgIpc) is 2.38. The molecule has 92 valence electrons. The van der Waals surface area contributed by atoms with Crippen LogP contribution in [0.25, 0.3) is 0 Å². The van der Waals surface area contributed by atoms with Crippen LogP contribution >= 0.6 is 0 Å². The standard InChI is InChI=1S/C13H19N3O/c1-11-9-14-7-8-16(11)13(17)10-15-12-5-3-2-4-6-12/h2-6,11,14-15H,7-10H2,1H3/t11-/m0/s1. The molecule has 1 atom stereocenters. The van der Waals surface area contributed by atoms with Crippen LogP contribution in [0.4, 0.5) is 5.69 Å². The monoisotopic (exact) mass is 233 g/mol. The largest absolute Gasteiger partial charge is 0.376 e. The molecular formula is C13H19N3O. The van der Waals surface area contributed by atoms with Gasteiger partial charge < -0.3 is 15.5 Å². The number of hydrogen-bond acceptors (Lipinski definition) is 3. The predicted molar refractivity (Wildman–Crippen MR) is 69.0 cm³/mol. The van der Waals surface area contributed by atoms with Crippen LogP contribution in [-0.4, -0.2) is 43.0 Å². The Morgan fingerprint density at radius 2 is 2.24 bits per heavy atom. The number of nitrogens with zero attached hydrogens (tertiary/aromatic N) is 1. The molecule has 1 saturated heterocycles. The zero-order valence-electron chi connectivity index (χ0n) is 10.1. The summed E-state index contributed by atoms with van der Waals surface area (Å²) >= 11 is 0. The van der Waals surface area contributed by atoms with Crippen LogP contribution in [0.1, 0.15) is 6.92 Å². The lowest BCUT2D eigenvalue weighted by atomic mass is 10.2. The predicted octanol–water partition coefficient (Wildman–Crippen LogP) is 0.919. The quantitative estimate of drug-likeness (QED) is 0.816. The summed E-state index contributed by atoms with van der Waals surface area (Å²) in [6.07, 6.45) is 0. The molecule has 2 rings (SSSR count). The summed E-state index contributed by atoms with van der Waals surface area (Å²) in [7, 11) is 0. The minimum atomic E-state index is 0.169. The molecule has 1 aliphatic heterocycles. The highest BCUT2D eigenvalue weighted by Crippen LogP contribution is 2.06. The van der Waals surface area contributed by atoms with Gasteiger partial charge in [0.1, 0.15) is 0 Å². The number of nitrogens with one attached hydrogen (secondary N) is 2. The number of carbonyl (C=O) groups is 1. The van der Waals surface area contributed by atoms with Gasteiger partial charge in [0.25, 0.3) is 0 Å². The number of para-hydroxylation sites is 1. The molecule has 17 heavy (non-hydrogen) atoms. The van der Waals surface area contributed by atoms with E-state index in [9.17, 15) is 4.79 Å². The van der Waals surface area contributed by atoms with Crippen molar-refractivity contribution in [2.24, 2.45) is 0 Å². The first-order valence-corrected chi connectivity index (χ1v) is 6.06. The van der Waals surface area contributed by atoms with Crippen LogP contribution in [0.15, 0.2) is 30.3 Å². The number of piperazine rings is 1. The van der Waals surface area contributed by atoms with Crippen LogP contribution in [0.3, 0.4) is 0 Å². The number of anilines is 1. The van der Waals surface area contributed by atoms with E-state index in [2.05, 4.69) is 17.6 Å². The van der Waals surface area contributed by atoms with Gasteiger partial charge in [-0.3, -0.25) is 4.79 Å². The molecule has 4 heteroatoms. The van der Waals surface area contributed by atoms with E-state index in [0.29, 0.717) is 6.54 Å². The molecule has 1 fully saturated rings. The fraction of sp³-hybridized carbons (Fsp3) is 0.462. The van der Waals surface area contributed by atoms with Gasteiger partial charge in [-0.2, -0.15) is 0 Å². The maximum atomic E-state index is 12.0. The number of amides is 1. The highest BCUT2D eigenvalue weighted by atomic mass is 16.2. The van der Waals surface area contributed by atoms with Gasteiger partial charge in [0.15, 0.2) is 0 Å². The van der Waals surface area contributed by atoms with Crippen LogP contribution in [0.5, 0.6) is 0 Å². The molecule has 1 aliphatic rings. The molecule has 2 N–H and O–H groups in total. The Bertz CT molecular complexity index is 366. The van der Waals surface area contributed by atoms with E-state index < -0.39 is 0 Å². The number of hydrogen-bond donors (Lipinski definition) is 2. The van der Waals surface area contributed by atoms with E-state index in [1.165, 1.54) is 0 Å². The topological polar surface area (TPSA) is 44.4 Å². The third kappa shape index (κ3) is 3.20. The van der Waals surface area contributed by atoms with Crippen LogP contribution in [0, 0.1) is 0 Å². The summed E-state index contributed by atoms with van der Waals surface area (Å²) in [5.74, 6) is 0.169. The summed E-state index contributed by atoms with van der Waals surface area (Å²) in [6.45, 7) is 5.02. The molecule has 0 aliphatic carbocycles. The maximum Gasteiger partial charge on any atom is 0.242 e. The second-order valence-electron chi connectivity index (χ2n) is 4.36. The van der Waals surface area contributed by atoms with Gasteiger partial charge in [-0.25, -0.2) is 0 Å². The van der Waals surface area contributed by atoms with Crippen molar-refractivity contribution in [1.29, 1.82) is 0 Å². The van der Waals surface area contributed by atoms with Crippen molar-refractivity contribution in [1.82, 2.24) is 10.2 Å². The van der Waals surface area contributed by atoms with Gasteiger partial charge in [-0.1, -0.05) is 18.2 Å². The molecule has 1 aromatic carbocycles. The highest BCUT2D eigenvalue weighted by molar-refractivity contribution is 5.81. The molecule has 1 heterocycles. The van der Waals surface area contributed by atoms with Crippen molar-refractivity contribution in [3.63, 3.8) is 0 Å². The van der Waals surface area contributed by atoms with E-state index in [1.54, 1.807) is 0 Å². The molecule has 4 nitrogen and oxygen atoms in total. The first kappa shape index (κ1) is 11.9. The summed E-state index contributed by atoms with van der Waals surface area (Å²) in [5.41, 5.74) is 0.989. The SMILES string of the molecule is C[C@H]1CNCCN1C(=O)CNc1ccccc1. The zero-order valence-corrected chi connectivity index (χ0v) is 10.1. The minimum Gasteiger partial charge on any atom is -0.376 e. The van der Waals surface area contributed by atoms with Crippen LogP contribution < -0.4 is 10.6 Å². The summed E-state index contributed by atoms with van der Waals surface area (Å²) < 4.78 is 0. The van der Waals surface area contributed by atoms with Crippen molar-refractivity contribution in [3.05, 3.63) is 30.3 Å². The molecule has 0 radical (unpaired) electrons. The van der Waals surface area contributed by atoms with Crippen molar-refractivity contribution in [2.45, 2.75) is 13.0 Å². The third-order valence-electron chi connectivity index (χ3n) is 3.04. The normalized spacial score (nSPS) is 20.1. The molecule has 0 spiro atoms. The number of carbonyl (C=O) groups excluding carboxylic acids is 1. The molecule has 0 saturated carbocycles. The Balaban J connectivity index is 1.84. The van der Waals surface area contributed by atoms with Crippen LogP contribution in [-0.2, 0) is 4.79 Å². The van der Waals surface area contributed by atoms with Gasteiger partial charge in [0.2, 0.25) is 5.91 Å². The molecular weight excluding hydrogens is 214 g/mol. The Morgan fingerprint density at radius 1 is 1.47 bits per heavy atom. The van der Waals surface area contributed by atoms with Crippen molar-refractivity contribution in [2.75, 3.05) is 31.5 Å². The molecule has 0 aromatic heterocycles. The zero-order chi connectivity index (χ0) is 12.1. The third-order valence-corrected chi connectivity index (χ3v) is 3.04.